The molecule has 1 atom stereocenters. The van der Waals surface area contributed by atoms with E-state index in [0.29, 0.717) is 18.4 Å². The van der Waals surface area contributed by atoms with E-state index < -0.39 is 12.2 Å². The van der Waals surface area contributed by atoms with E-state index in [-0.39, 0.29) is 6.42 Å². The maximum atomic E-state index is 12.1. The number of alkyl halides is 3. The largest absolute Gasteiger partial charge is 0.403 e. The van der Waals surface area contributed by atoms with Gasteiger partial charge in [0.1, 0.15) is 6.04 Å². The van der Waals surface area contributed by atoms with E-state index in [1.54, 1.807) is 24.3 Å². The van der Waals surface area contributed by atoms with Gasteiger partial charge in [0.25, 0.3) is 0 Å². The molecular weight excluding hydrogens is 229 g/mol. The Balaban J connectivity index is 2.50. The summed E-state index contributed by atoms with van der Waals surface area (Å²) in [5.41, 5.74) is 6.27. The highest BCUT2D eigenvalue weighted by molar-refractivity contribution is 5.37. The first-order valence-corrected chi connectivity index (χ1v) is 5.25. The van der Waals surface area contributed by atoms with Gasteiger partial charge in [0.15, 0.2) is 0 Å². The molecule has 2 nitrogen and oxygen atoms in total. The Morgan fingerprint density at radius 1 is 1.29 bits per heavy atom. The van der Waals surface area contributed by atoms with E-state index in [4.69, 9.17) is 11.0 Å². The summed E-state index contributed by atoms with van der Waals surface area (Å²) in [6.45, 7) is 0. The number of rotatable bonds is 4. The van der Waals surface area contributed by atoms with Crippen molar-refractivity contribution in [2.75, 3.05) is 0 Å². The van der Waals surface area contributed by atoms with Gasteiger partial charge in [-0.25, -0.2) is 0 Å². The zero-order valence-electron chi connectivity index (χ0n) is 9.17. The molecule has 0 aliphatic heterocycles. The van der Waals surface area contributed by atoms with Crippen LogP contribution < -0.4 is 5.73 Å². The summed E-state index contributed by atoms with van der Waals surface area (Å²) >= 11 is 0. The van der Waals surface area contributed by atoms with E-state index in [0.717, 1.165) is 5.56 Å². The molecule has 1 aromatic carbocycles. The normalized spacial score (nSPS) is 13.1. The molecule has 2 N–H and O–H groups in total. The van der Waals surface area contributed by atoms with Gasteiger partial charge in [-0.1, -0.05) is 18.2 Å². The molecule has 0 heterocycles. The monoisotopic (exact) mass is 242 g/mol. The molecule has 0 radical (unpaired) electrons. The highest BCUT2D eigenvalue weighted by atomic mass is 19.4. The summed E-state index contributed by atoms with van der Waals surface area (Å²) in [6.07, 6.45) is -3.70. The first-order chi connectivity index (χ1) is 7.95. The van der Waals surface area contributed by atoms with Crippen molar-refractivity contribution in [1.82, 2.24) is 0 Å². The minimum Gasteiger partial charge on any atom is -0.320 e. The molecule has 5 heteroatoms. The molecular formula is C12H13F3N2. The third-order valence-corrected chi connectivity index (χ3v) is 2.52. The zero-order valence-corrected chi connectivity index (χ0v) is 9.17. The third-order valence-electron chi connectivity index (χ3n) is 2.52. The average Bonchev–Trinajstić information content (AvgIpc) is 2.28. The van der Waals surface area contributed by atoms with Crippen molar-refractivity contribution in [2.45, 2.75) is 31.5 Å². The summed E-state index contributed by atoms with van der Waals surface area (Å²) < 4.78 is 36.4. The number of halogens is 3. The maximum absolute atomic E-state index is 12.1. The second-order valence-electron chi connectivity index (χ2n) is 3.81. The first-order valence-electron chi connectivity index (χ1n) is 5.25. The van der Waals surface area contributed by atoms with E-state index in [1.807, 2.05) is 6.07 Å². The van der Waals surface area contributed by atoms with Crippen molar-refractivity contribution in [3.8, 4) is 6.07 Å². The Labute approximate surface area is 97.9 Å². The Morgan fingerprint density at radius 2 is 1.94 bits per heavy atom. The molecule has 92 valence electrons. The van der Waals surface area contributed by atoms with E-state index in [2.05, 4.69) is 0 Å². The van der Waals surface area contributed by atoms with Crippen LogP contribution in [-0.4, -0.2) is 12.2 Å². The molecule has 0 bridgehead atoms. The third kappa shape index (κ3) is 4.08. The molecule has 0 unspecified atom stereocenters. The van der Waals surface area contributed by atoms with E-state index in [1.165, 1.54) is 0 Å². The van der Waals surface area contributed by atoms with Gasteiger partial charge in [-0.3, -0.25) is 0 Å². The van der Waals surface area contributed by atoms with Crippen molar-refractivity contribution in [3.05, 3.63) is 35.4 Å². The van der Waals surface area contributed by atoms with Crippen molar-refractivity contribution in [2.24, 2.45) is 5.73 Å². The van der Waals surface area contributed by atoms with Crippen LogP contribution in [-0.2, 0) is 6.42 Å². The minimum absolute atomic E-state index is 0.122. The van der Waals surface area contributed by atoms with Crippen LogP contribution in [0.3, 0.4) is 0 Å². The number of nitrogens with two attached hydrogens (primary N) is 1. The fourth-order valence-corrected chi connectivity index (χ4v) is 1.52. The Hall–Kier alpha value is -1.54. The van der Waals surface area contributed by atoms with Gasteiger partial charge in [-0.05, 0) is 30.9 Å². The van der Waals surface area contributed by atoms with E-state index in [9.17, 15) is 13.2 Å². The van der Waals surface area contributed by atoms with Crippen LogP contribution in [0.5, 0.6) is 0 Å². The number of benzene rings is 1. The van der Waals surface area contributed by atoms with Crippen LogP contribution >= 0.6 is 0 Å². The van der Waals surface area contributed by atoms with Gasteiger partial charge < -0.3 is 5.73 Å². The van der Waals surface area contributed by atoms with Gasteiger partial charge >= 0.3 is 6.18 Å². The lowest BCUT2D eigenvalue weighted by atomic mass is 10.0. The van der Waals surface area contributed by atoms with Crippen LogP contribution in [0.15, 0.2) is 24.3 Å². The van der Waals surface area contributed by atoms with Crippen molar-refractivity contribution in [1.29, 1.82) is 5.26 Å². The molecule has 0 amide bonds. The molecule has 0 saturated heterocycles. The van der Waals surface area contributed by atoms with Crippen LogP contribution in [0.4, 0.5) is 13.2 Å². The lowest BCUT2D eigenvalue weighted by Crippen LogP contribution is -2.37. The van der Waals surface area contributed by atoms with Gasteiger partial charge in [-0.15, -0.1) is 0 Å². The maximum Gasteiger partial charge on any atom is 0.403 e. The molecule has 0 aliphatic rings. The van der Waals surface area contributed by atoms with Gasteiger partial charge in [0.2, 0.25) is 0 Å². The number of hydrogen-bond acceptors (Lipinski definition) is 2. The Kier molecular flexibility index (Phi) is 4.53. The van der Waals surface area contributed by atoms with Crippen molar-refractivity contribution >= 4 is 0 Å². The topological polar surface area (TPSA) is 49.8 Å². The van der Waals surface area contributed by atoms with Gasteiger partial charge in [0.05, 0.1) is 11.6 Å². The molecule has 0 aromatic heterocycles. The molecule has 0 fully saturated rings. The van der Waals surface area contributed by atoms with Crippen molar-refractivity contribution in [3.63, 3.8) is 0 Å². The number of nitrogens with zero attached hydrogens (tertiary/aromatic N) is 1. The van der Waals surface area contributed by atoms with Crippen LogP contribution in [0, 0.1) is 11.3 Å². The Morgan fingerprint density at radius 3 is 2.53 bits per heavy atom. The number of nitriles is 1. The predicted molar refractivity (Wildman–Crippen MR) is 58.1 cm³/mol. The Bertz CT molecular complexity index is 407. The van der Waals surface area contributed by atoms with Crippen molar-refractivity contribution < 1.29 is 13.2 Å². The molecule has 0 aliphatic carbocycles. The second-order valence-corrected chi connectivity index (χ2v) is 3.81. The highest BCUT2D eigenvalue weighted by Crippen LogP contribution is 2.22. The summed E-state index contributed by atoms with van der Waals surface area (Å²) in [5, 5.41) is 8.80. The smallest absolute Gasteiger partial charge is 0.320 e. The van der Waals surface area contributed by atoms with Gasteiger partial charge in [-0.2, -0.15) is 18.4 Å². The van der Waals surface area contributed by atoms with Crippen LogP contribution in [0.1, 0.15) is 24.0 Å². The minimum atomic E-state index is -4.34. The zero-order chi connectivity index (χ0) is 12.9. The summed E-state index contributed by atoms with van der Waals surface area (Å²) in [5.74, 6) is 0. The summed E-state index contributed by atoms with van der Waals surface area (Å²) in [4.78, 5) is 0. The number of hydrogen-bond donors (Lipinski definition) is 1. The van der Waals surface area contributed by atoms with E-state index >= 15 is 0 Å². The first kappa shape index (κ1) is 13.5. The summed E-state index contributed by atoms with van der Waals surface area (Å²) in [6, 6.07) is 7.12. The molecule has 0 saturated carbocycles. The molecule has 0 spiro atoms. The van der Waals surface area contributed by atoms with Gasteiger partial charge in [0, 0.05) is 0 Å². The standard InChI is InChI=1S/C12H13F3N2/c13-12(14,15)11(17)7-3-6-9-4-1-2-5-10(9)8-16/h1-2,4-5,11H,3,6-7,17H2/t11-/m0/s1. The van der Waals surface area contributed by atoms with Crippen LogP contribution in [0.2, 0.25) is 0 Å². The highest BCUT2D eigenvalue weighted by Gasteiger charge is 2.35. The lowest BCUT2D eigenvalue weighted by Gasteiger charge is -2.15. The lowest BCUT2D eigenvalue weighted by molar-refractivity contribution is -0.149. The molecule has 1 rings (SSSR count). The fourth-order valence-electron chi connectivity index (χ4n) is 1.52. The quantitative estimate of drug-likeness (QED) is 0.882. The SMILES string of the molecule is N#Cc1ccccc1CCC[C@H](N)C(F)(F)F. The molecule has 17 heavy (non-hydrogen) atoms. The molecule has 1 aromatic rings. The second kappa shape index (κ2) is 5.69. The average molecular weight is 242 g/mol. The predicted octanol–water partition coefficient (Wildman–Crippen LogP) is 2.77. The summed E-state index contributed by atoms with van der Waals surface area (Å²) in [7, 11) is 0. The fraction of sp³-hybridized carbons (Fsp3) is 0.417. The number of aryl methyl sites for hydroxylation is 1. The van der Waals surface area contributed by atoms with Crippen LogP contribution in [0.25, 0.3) is 0 Å².